The molecule has 0 radical (unpaired) electrons. The molecule has 1 aromatic rings. The van der Waals surface area contributed by atoms with Gasteiger partial charge in [0.15, 0.2) is 0 Å². The molecular formula is C19H25NO4. The number of benzene rings is 1. The average molecular weight is 331 g/mol. The van der Waals surface area contributed by atoms with Crippen LogP contribution in [0.2, 0.25) is 0 Å². The number of likely N-dealkylation sites (tertiary alicyclic amines) is 1. The molecule has 0 bridgehead atoms. The molecule has 3 rings (SSSR count). The number of rotatable bonds is 6. The minimum Gasteiger partial charge on any atom is -0.490 e. The lowest BCUT2D eigenvalue weighted by Gasteiger charge is -2.16. The highest BCUT2D eigenvalue weighted by Crippen LogP contribution is 2.25. The van der Waals surface area contributed by atoms with Crippen molar-refractivity contribution in [2.24, 2.45) is 5.92 Å². The van der Waals surface area contributed by atoms with E-state index in [1.54, 1.807) is 4.90 Å². The van der Waals surface area contributed by atoms with Crippen LogP contribution < -0.4 is 4.74 Å². The third kappa shape index (κ3) is 4.28. The minimum atomic E-state index is -0.804. The van der Waals surface area contributed by atoms with Crippen LogP contribution in [-0.2, 0) is 16.0 Å². The number of aryl methyl sites for hydroxylation is 1. The van der Waals surface area contributed by atoms with Crippen molar-refractivity contribution in [3.63, 3.8) is 0 Å². The lowest BCUT2D eigenvalue weighted by atomic mass is 10.1. The topological polar surface area (TPSA) is 66.8 Å². The molecule has 1 saturated carbocycles. The first-order chi connectivity index (χ1) is 11.6. The number of carbonyl (C=O) groups excluding carboxylic acids is 1. The largest absolute Gasteiger partial charge is 0.490 e. The van der Waals surface area contributed by atoms with Crippen molar-refractivity contribution >= 4 is 11.9 Å². The molecule has 5 nitrogen and oxygen atoms in total. The van der Waals surface area contributed by atoms with Gasteiger partial charge in [0.05, 0.1) is 12.0 Å². The first kappa shape index (κ1) is 16.8. The number of ether oxygens (including phenoxy) is 1. The zero-order valence-corrected chi connectivity index (χ0v) is 13.9. The maximum atomic E-state index is 12.3. The molecule has 1 atom stereocenters. The molecule has 2 fully saturated rings. The summed E-state index contributed by atoms with van der Waals surface area (Å²) in [5, 5.41) is 9.02. The van der Waals surface area contributed by atoms with Crippen LogP contribution in [0.4, 0.5) is 0 Å². The Balaban J connectivity index is 1.49. The van der Waals surface area contributed by atoms with E-state index in [0.717, 1.165) is 24.2 Å². The van der Waals surface area contributed by atoms with Gasteiger partial charge in [0.2, 0.25) is 5.91 Å². The molecular weight excluding hydrogens is 306 g/mol. The van der Waals surface area contributed by atoms with E-state index in [4.69, 9.17) is 9.84 Å². The Bertz CT molecular complexity index is 595. The van der Waals surface area contributed by atoms with Gasteiger partial charge >= 0.3 is 5.97 Å². The zero-order chi connectivity index (χ0) is 16.9. The van der Waals surface area contributed by atoms with E-state index in [-0.39, 0.29) is 5.91 Å². The molecule has 1 heterocycles. The van der Waals surface area contributed by atoms with Gasteiger partial charge in [-0.3, -0.25) is 9.59 Å². The summed E-state index contributed by atoms with van der Waals surface area (Å²) in [6, 6.07) is 7.98. The number of aliphatic carboxylic acids is 1. The number of hydrogen-bond acceptors (Lipinski definition) is 3. The monoisotopic (exact) mass is 331 g/mol. The summed E-state index contributed by atoms with van der Waals surface area (Å²) in [6.45, 7) is 0.902. The van der Waals surface area contributed by atoms with Crippen LogP contribution >= 0.6 is 0 Å². The van der Waals surface area contributed by atoms with Crippen LogP contribution in [-0.4, -0.2) is 41.1 Å². The van der Waals surface area contributed by atoms with E-state index >= 15 is 0 Å². The SMILES string of the molecule is O=C(O)C1CCN(C(=O)CCc2cccc(OC3CCCC3)c2)C1. The van der Waals surface area contributed by atoms with Crippen molar-refractivity contribution in [2.45, 2.75) is 51.0 Å². The van der Waals surface area contributed by atoms with Gasteiger partial charge in [-0.2, -0.15) is 0 Å². The van der Waals surface area contributed by atoms with E-state index in [0.29, 0.717) is 38.5 Å². The van der Waals surface area contributed by atoms with Gasteiger partial charge in [0.25, 0.3) is 0 Å². The first-order valence-corrected chi connectivity index (χ1v) is 8.88. The summed E-state index contributed by atoms with van der Waals surface area (Å²) in [5.74, 6) is -0.279. The molecule has 1 aliphatic heterocycles. The summed E-state index contributed by atoms with van der Waals surface area (Å²) < 4.78 is 6.00. The molecule has 130 valence electrons. The molecule has 1 aliphatic carbocycles. The highest BCUT2D eigenvalue weighted by molar-refractivity contribution is 5.79. The second-order valence-electron chi connectivity index (χ2n) is 6.84. The Hall–Kier alpha value is -2.04. The van der Waals surface area contributed by atoms with Gasteiger partial charge in [-0.15, -0.1) is 0 Å². The number of carboxylic acids is 1. The van der Waals surface area contributed by atoms with Crippen molar-refractivity contribution in [1.82, 2.24) is 4.90 Å². The molecule has 5 heteroatoms. The molecule has 2 aliphatic rings. The molecule has 0 aromatic heterocycles. The van der Waals surface area contributed by atoms with Crippen LogP contribution in [0.25, 0.3) is 0 Å². The molecule has 1 N–H and O–H groups in total. The van der Waals surface area contributed by atoms with Gasteiger partial charge < -0.3 is 14.7 Å². The second-order valence-corrected chi connectivity index (χ2v) is 6.84. The predicted octanol–water partition coefficient (Wildman–Crippen LogP) is 2.87. The van der Waals surface area contributed by atoms with Crippen LogP contribution in [0.1, 0.15) is 44.1 Å². The van der Waals surface area contributed by atoms with Crippen LogP contribution in [0.3, 0.4) is 0 Å². The van der Waals surface area contributed by atoms with E-state index in [2.05, 4.69) is 0 Å². The minimum absolute atomic E-state index is 0.0425. The fourth-order valence-electron chi connectivity index (χ4n) is 3.57. The molecule has 0 spiro atoms. The predicted molar refractivity (Wildman–Crippen MR) is 90.0 cm³/mol. The molecule has 1 amide bonds. The fraction of sp³-hybridized carbons (Fsp3) is 0.579. The number of nitrogens with zero attached hydrogens (tertiary/aromatic N) is 1. The smallest absolute Gasteiger partial charge is 0.308 e. The van der Waals surface area contributed by atoms with Crippen molar-refractivity contribution in [3.8, 4) is 5.75 Å². The van der Waals surface area contributed by atoms with Gasteiger partial charge in [-0.05, 0) is 56.2 Å². The Morgan fingerprint density at radius 2 is 2.00 bits per heavy atom. The molecule has 24 heavy (non-hydrogen) atoms. The lowest BCUT2D eigenvalue weighted by Crippen LogP contribution is -2.30. The number of hydrogen-bond donors (Lipinski definition) is 1. The van der Waals surface area contributed by atoms with Gasteiger partial charge in [-0.25, -0.2) is 0 Å². The van der Waals surface area contributed by atoms with Gasteiger partial charge in [0.1, 0.15) is 5.75 Å². The summed E-state index contributed by atoms with van der Waals surface area (Å²) in [7, 11) is 0. The Morgan fingerprint density at radius 3 is 2.71 bits per heavy atom. The second kappa shape index (κ2) is 7.69. The van der Waals surface area contributed by atoms with Crippen LogP contribution in [0.5, 0.6) is 5.75 Å². The molecule has 1 aromatic carbocycles. The third-order valence-corrected chi connectivity index (χ3v) is 5.02. The highest BCUT2D eigenvalue weighted by atomic mass is 16.5. The summed E-state index contributed by atoms with van der Waals surface area (Å²) in [6.07, 6.45) is 6.71. The lowest BCUT2D eigenvalue weighted by molar-refractivity contribution is -0.141. The summed E-state index contributed by atoms with van der Waals surface area (Å²) in [5.41, 5.74) is 1.09. The molecule has 1 saturated heterocycles. The first-order valence-electron chi connectivity index (χ1n) is 8.88. The van der Waals surface area contributed by atoms with Crippen LogP contribution in [0.15, 0.2) is 24.3 Å². The normalized spacial score (nSPS) is 21.2. The Morgan fingerprint density at radius 1 is 1.21 bits per heavy atom. The van der Waals surface area contributed by atoms with E-state index in [1.807, 2.05) is 24.3 Å². The quantitative estimate of drug-likeness (QED) is 0.870. The number of amides is 1. The highest BCUT2D eigenvalue weighted by Gasteiger charge is 2.30. The van der Waals surface area contributed by atoms with Crippen molar-refractivity contribution in [1.29, 1.82) is 0 Å². The van der Waals surface area contributed by atoms with E-state index in [1.165, 1.54) is 12.8 Å². The fourth-order valence-corrected chi connectivity index (χ4v) is 3.57. The Labute approximate surface area is 142 Å². The average Bonchev–Trinajstić information content (AvgIpc) is 3.24. The summed E-state index contributed by atoms with van der Waals surface area (Å²) in [4.78, 5) is 24.9. The van der Waals surface area contributed by atoms with Crippen molar-refractivity contribution < 1.29 is 19.4 Å². The Kier molecular flexibility index (Phi) is 5.38. The third-order valence-electron chi connectivity index (χ3n) is 5.02. The maximum absolute atomic E-state index is 12.3. The van der Waals surface area contributed by atoms with Gasteiger partial charge in [0, 0.05) is 19.5 Å². The number of carboxylic acid groups (broad SMARTS) is 1. The van der Waals surface area contributed by atoms with Gasteiger partial charge in [-0.1, -0.05) is 12.1 Å². The van der Waals surface area contributed by atoms with Crippen molar-refractivity contribution in [2.75, 3.05) is 13.1 Å². The van der Waals surface area contributed by atoms with E-state index < -0.39 is 11.9 Å². The number of carbonyl (C=O) groups is 2. The zero-order valence-electron chi connectivity index (χ0n) is 13.9. The molecule has 1 unspecified atom stereocenters. The maximum Gasteiger partial charge on any atom is 0.308 e. The van der Waals surface area contributed by atoms with Crippen LogP contribution in [0, 0.1) is 5.92 Å². The van der Waals surface area contributed by atoms with Crippen molar-refractivity contribution in [3.05, 3.63) is 29.8 Å². The van der Waals surface area contributed by atoms with E-state index in [9.17, 15) is 9.59 Å². The standard InChI is InChI=1S/C19H25NO4/c21-18(20-11-10-15(13-20)19(22)23)9-8-14-4-3-7-17(12-14)24-16-5-1-2-6-16/h3-4,7,12,15-16H,1-2,5-6,8-11,13H2,(H,22,23). The summed E-state index contributed by atoms with van der Waals surface area (Å²) >= 11 is 0.